The molecule has 0 bridgehead atoms. The number of anilines is 2. The van der Waals surface area contributed by atoms with E-state index in [1.807, 2.05) is 0 Å². The van der Waals surface area contributed by atoms with Crippen LogP contribution in [0.25, 0.3) is 10.8 Å². The van der Waals surface area contributed by atoms with Gasteiger partial charge in [0.05, 0.1) is 41.3 Å². The monoisotopic (exact) mass is 573 g/mol. The third-order valence-electron chi connectivity index (χ3n) is 6.80. The number of nitrogens with one attached hydrogen (secondary N) is 2. The molecule has 1 aliphatic heterocycles. The maximum absolute atomic E-state index is 13.6. The highest BCUT2D eigenvalue weighted by Gasteiger charge is 2.49. The maximum atomic E-state index is 13.6. The Morgan fingerprint density at radius 3 is 2.63 bits per heavy atom. The number of sulfonamides is 2. The predicted molar refractivity (Wildman–Crippen MR) is 145 cm³/mol. The molecular weight excluding hydrogens is 550 g/mol. The Kier molecular flexibility index (Phi) is 6.59. The second-order valence-corrected chi connectivity index (χ2v) is 14.0. The van der Waals surface area contributed by atoms with Crippen molar-refractivity contribution < 1.29 is 21.6 Å². The second kappa shape index (κ2) is 9.50. The molecule has 0 saturated heterocycles. The molecule has 0 spiro atoms. The van der Waals surface area contributed by atoms with Gasteiger partial charge in [-0.05, 0) is 48.2 Å². The average molecular weight is 574 g/mol. The molecule has 13 heteroatoms. The van der Waals surface area contributed by atoms with Gasteiger partial charge in [-0.3, -0.25) is 14.5 Å². The fraction of sp³-hybridized carbons (Fsp3) is 0.320. The molecule has 2 N–H and O–H groups in total. The molecule has 1 aromatic heterocycles. The number of benzene rings is 2. The van der Waals surface area contributed by atoms with Crippen molar-refractivity contribution in [2.24, 2.45) is 5.41 Å². The summed E-state index contributed by atoms with van der Waals surface area (Å²) in [6.07, 6.45) is 5.16. The molecule has 1 amide bonds. The number of fused-ring (bicyclic) bond motifs is 2. The van der Waals surface area contributed by atoms with Gasteiger partial charge in [-0.25, -0.2) is 16.8 Å². The molecule has 2 heterocycles. The van der Waals surface area contributed by atoms with Gasteiger partial charge in [-0.2, -0.15) is 9.57 Å². The van der Waals surface area contributed by atoms with Crippen LogP contribution in [0.5, 0.6) is 0 Å². The van der Waals surface area contributed by atoms with Crippen LogP contribution < -0.4 is 10.0 Å². The summed E-state index contributed by atoms with van der Waals surface area (Å²) in [6.45, 7) is -0.00427. The Morgan fingerprint density at radius 2 is 1.95 bits per heavy atom. The lowest BCUT2D eigenvalue weighted by Crippen LogP contribution is -2.44. The van der Waals surface area contributed by atoms with Crippen molar-refractivity contribution >= 4 is 59.7 Å². The van der Waals surface area contributed by atoms with E-state index in [4.69, 9.17) is 11.6 Å². The Morgan fingerprint density at radius 1 is 1.18 bits per heavy atom. The third kappa shape index (κ3) is 5.47. The minimum atomic E-state index is -3.81. The molecule has 38 heavy (non-hydrogen) atoms. The van der Waals surface area contributed by atoms with Gasteiger partial charge in [0.2, 0.25) is 26.0 Å². The number of hydrogen-bond acceptors (Lipinski definition) is 7. The molecule has 3 aromatic rings. The number of carbonyl (C=O) groups is 1. The van der Waals surface area contributed by atoms with Gasteiger partial charge in [-0.1, -0.05) is 23.7 Å². The van der Waals surface area contributed by atoms with Crippen LogP contribution in [-0.4, -0.2) is 50.6 Å². The summed E-state index contributed by atoms with van der Waals surface area (Å²) in [6, 6.07) is 12.0. The number of nitriles is 1. The van der Waals surface area contributed by atoms with Crippen molar-refractivity contribution in [3.63, 3.8) is 0 Å². The van der Waals surface area contributed by atoms with Crippen LogP contribution in [0.3, 0.4) is 0 Å². The molecule has 10 nitrogen and oxygen atoms in total. The summed E-state index contributed by atoms with van der Waals surface area (Å²) < 4.78 is 53.4. The van der Waals surface area contributed by atoms with Crippen LogP contribution >= 0.6 is 11.6 Å². The van der Waals surface area contributed by atoms with Gasteiger partial charge in [0, 0.05) is 40.8 Å². The summed E-state index contributed by atoms with van der Waals surface area (Å²) in [7, 11) is -7.28. The number of carbonyl (C=O) groups excluding carboxylic acids is 1. The minimum Gasteiger partial charge on any atom is -0.324 e. The highest BCUT2D eigenvalue weighted by molar-refractivity contribution is 7.92. The van der Waals surface area contributed by atoms with E-state index in [0.717, 1.165) is 6.26 Å². The van der Waals surface area contributed by atoms with Gasteiger partial charge < -0.3 is 5.32 Å². The molecular formula is C25H24ClN5O5S2. The van der Waals surface area contributed by atoms with Gasteiger partial charge in [0.1, 0.15) is 0 Å². The van der Waals surface area contributed by atoms with Gasteiger partial charge in [0.25, 0.3) is 0 Å². The van der Waals surface area contributed by atoms with Gasteiger partial charge >= 0.3 is 0 Å². The van der Waals surface area contributed by atoms with E-state index in [1.54, 1.807) is 42.6 Å². The lowest BCUT2D eigenvalue weighted by molar-refractivity contribution is -0.118. The second-order valence-electron chi connectivity index (χ2n) is 9.82. The Bertz CT molecular complexity index is 1720. The fourth-order valence-electron chi connectivity index (χ4n) is 4.68. The van der Waals surface area contributed by atoms with Crippen molar-refractivity contribution in [1.82, 2.24) is 9.29 Å². The summed E-state index contributed by atoms with van der Waals surface area (Å²) in [4.78, 5) is 17.8. The fourth-order valence-corrected chi connectivity index (χ4v) is 7.36. The smallest absolute Gasteiger partial charge is 0.233 e. The number of rotatable bonds is 7. The summed E-state index contributed by atoms with van der Waals surface area (Å²) in [5.41, 5.74) is 1.20. The Labute approximate surface area is 225 Å². The molecule has 5 rings (SSSR count). The van der Waals surface area contributed by atoms with Crippen molar-refractivity contribution in [2.45, 2.75) is 25.3 Å². The summed E-state index contributed by atoms with van der Waals surface area (Å²) in [5.74, 6) is -1.57. The molecule has 1 atom stereocenters. The zero-order valence-corrected chi connectivity index (χ0v) is 22.7. The highest BCUT2D eigenvalue weighted by atomic mass is 35.5. The predicted octanol–water partition coefficient (Wildman–Crippen LogP) is 3.43. The van der Waals surface area contributed by atoms with Crippen molar-refractivity contribution in [1.29, 1.82) is 5.26 Å². The first-order valence-electron chi connectivity index (χ1n) is 11.7. The Balaban J connectivity index is 1.45. The number of amides is 1. The van der Waals surface area contributed by atoms with E-state index < -0.39 is 37.3 Å². The standard InChI is InChI=1S/C25H24ClN5O5S2/c1-37(33,34)30-19-4-5-20-17(8-19)10-28-11-23(20)29-24(32)22-13-31(12-16-2-3-18(26)9-21(16)22)38(35,36)15-25(14-27)6-7-25/h2-5,8-11,22,30H,6-7,12-13,15H2,1H3,(H,29,32)/t22-/m0/s1. The molecule has 2 aliphatic rings. The van der Waals surface area contributed by atoms with E-state index in [9.17, 15) is 26.9 Å². The zero-order valence-electron chi connectivity index (χ0n) is 20.3. The number of pyridine rings is 1. The average Bonchev–Trinajstić information content (AvgIpc) is 3.61. The van der Waals surface area contributed by atoms with Crippen molar-refractivity contribution in [3.05, 3.63) is 64.9 Å². The summed E-state index contributed by atoms with van der Waals surface area (Å²) >= 11 is 6.23. The minimum absolute atomic E-state index is 0.0893. The molecule has 0 unspecified atom stereocenters. The van der Waals surface area contributed by atoms with Crippen molar-refractivity contribution in [2.75, 3.05) is 28.6 Å². The van der Waals surface area contributed by atoms with Crippen LogP contribution in [-0.2, 0) is 31.4 Å². The maximum Gasteiger partial charge on any atom is 0.233 e. The van der Waals surface area contributed by atoms with Crippen molar-refractivity contribution in [3.8, 4) is 6.07 Å². The summed E-state index contributed by atoms with van der Waals surface area (Å²) in [5, 5.41) is 13.9. The molecule has 1 saturated carbocycles. The number of hydrogen-bond donors (Lipinski definition) is 2. The highest BCUT2D eigenvalue weighted by Crippen LogP contribution is 2.47. The lowest BCUT2D eigenvalue weighted by Gasteiger charge is -2.34. The van der Waals surface area contributed by atoms with E-state index >= 15 is 0 Å². The number of nitrogens with zero attached hydrogens (tertiary/aromatic N) is 3. The topological polar surface area (TPSA) is 149 Å². The first kappa shape index (κ1) is 26.4. The molecule has 1 fully saturated rings. The van der Waals surface area contributed by atoms with Crippen LogP contribution in [0.15, 0.2) is 48.8 Å². The normalized spacial score (nSPS) is 18.8. The first-order chi connectivity index (χ1) is 17.9. The number of halogens is 1. The Hall–Kier alpha value is -3.24. The molecule has 198 valence electrons. The van der Waals surface area contributed by atoms with Crippen LogP contribution in [0.1, 0.15) is 29.9 Å². The molecule has 1 aliphatic carbocycles. The first-order valence-corrected chi connectivity index (χ1v) is 15.6. The molecule has 0 radical (unpaired) electrons. The van der Waals surface area contributed by atoms with E-state index in [0.29, 0.717) is 51.1 Å². The van der Waals surface area contributed by atoms with Crippen LogP contribution in [0.4, 0.5) is 11.4 Å². The van der Waals surface area contributed by atoms with E-state index in [2.05, 4.69) is 21.1 Å². The van der Waals surface area contributed by atoms with Gasteiger partial charge in [-0.15, -0.1) is 0 Å². The van der Waals surface area contributed by atoms with Crippen LogP contribution in [0, 0.1) is 16.7 Å². The SMILES string of the molecule is CS(=O)(=O)Nc1ccc2c(NC(=O)[C@H]3CN(S(=O)(=O)CC4(C#N)CC4)Cc4ccc(Cl)cc43)cncc2c1. The van der Waals surface area contributed by atoms with Crippen LogP contribution in [0.2, 0.25) is 5.02 Å². The third-order valence-corrected chi connectivity index (χ3v) is 9.62. The van der Waals surface area contributed by atoms with Gasteiger partial charge in [0.15, 0.2) is 0 Å². The largest absolute Gasteiger partial charge is 0.324 e. The number of aromatic nitrogens is 1. The van der Waals surface area contributed by atoms with E-state index in [1.165, 1.54) is 10.5 Å². The zero-order chi connectivity index (χ0) is 27.3. The van der Waals surface area contributed by atoms with E-state index in [-0.39, 0.29) is 18.8 Å². The lowest BCUT2D eigenvalue weighted by atomic mass is 9.90. The quantitative estimate of drug-likeness (QED) is 0.439. The molecule has 2 aromatic carbocycles.